The highest BCUT2D eigenvalue weighted by molar-refractivity contribution is 7.99. The third kappa shape index (κ3) is 3.44. The van der Waals surface area contributed by atoms with E-state index in [-0.39, 0.29) is 6.61 Å². The number of nitrogens with zero attached hydrogens (tertiary/aromatic N) is 1. The maximum atomic E-state index is 9.09. The predicted octanol–water partition coefficient (Wildman–Crippen LogP) is 2.43. The fraction of sp³-hybridized carbons (Fsp3) is 0.417. The molecule has 0 fully saturated rings. The number of aliphatic hydroxyl groups is 1. The van der Waals surface area contributed by atoms with Crippen molar-refractivity contribution in [1.82, 2.24) is 0 Å². The van der Waals surface area contributed by atoms with E-state index in [9.17, 15) is 0 Å². The van der Waals surface area contributed by atoms with Gasteiger partial charge in [-0.05, 0) is 17.9 Å². The first-order valence-electron chi connectivity index (χ1n) is 5.23. The molecule has 0 aliphatic carbocycles. The zero-order chi connectivity index (χ0) is 11.8. The molecule has 16 heavy (non-hydrogen) atoms. The maximum absolute atomic E-state index is 9.09. The lowest BCUT2D eigenvalue weighted by atomic mass is 10.2. The van der Waals surface area contributed by atoms with E-state index in [1.54, 1.807) is 17.8 Å². The molecule has 3 nitrogen and oxygen atoms in total. The van der Waals surface area contributed by atoms with Gasteiger partial charge in [0.25, 0.3) is 0 Å². The predicted molar refractivity (Wildman–Crippen MR) is 64.8 cm³/mol. The Bertz CT molecular complexity index is 374. The van der Waals surface area contributed by atoms with E-state index >= 15 is 0 Å². The minimum atomic E-state index is 0.102. The zero-order valence-electron chi connectivity index (χ0n) is 9.27. The van der Waals surface area contributed by atoms with E-state index in [0.29, 0.717) is 24.3 Å². The largest absolute Gasteiger partial charge is 0.492 e. The Balaban J connectivity index is 2.83. The highest BCUT2D eigenvalue weighted by Crippen LogP contribution is 2.29. The minimum Gasteiger partial charge on any atom is -0.492 e. The van der Waals surface area contributed by atoms with Gasteiger partial charge in [-0.25, -0.2) is 0 Å². The summed E-state index contributed by atoms with van der Waals surface area (Å²) in [5.74, 6) is 1.53. The lowest BCUT2D eigenvalue weighted by Crippen LogP contribution is -2.01. The molecule has 0 spiro atoms. The first-order valence-corrected chi connectivity index (χ1v) is 6.21. The van der Waals surface area contributed by atoms with Crippen molar-refractivity contribution < 1.29 is 9.84 Å². The molecule has 1 aromatic rings. The normalized spacial score (nSPS) is 9.81. The van der Waals surface area contributed by atoms with Crippen LogP contribution in [0.1, 0.15) is 18.9 Å². The van der Waals surface area contributed by atoms with Crippen LogP contribution in [0.25, 0.3) is 0 Å². The van der Waals surface area contributed by atoms with Crippen molar-refractivity contribution in [2.75, 3.05) is 19.0 Å². The summed E-state index contributed by atoms with van der Waals surface area (Å²) in [6.07, 6.45) is 0.579. The summed E-state index contributed by atoms with van der Waals surface area (Å²) in [5.41, 5.74) is 0.590. The second-order valence-electron chi connectivity index (χ2n) is 3.10. The second kappa shape index (κ2) is 7.15. The van der Waals surface area contributed by atoms with Crippen molar-refractivity contribution in [1.29, 1.82) is 5.26 Å². The van der Waals surface area contributed by atoms with Crippen LogP contribution < -0.4 is 4.74 Å². The van der Waals surface area contributed by atoms with Gasteiger partial charge in [0.2, 0.25) is 0 Å². The molecule has 0 saturated carbocycles. The lowest BCUT2D eigenvalue weighted by molar-refractivity contribution is 0.233. The summed E-state index contributed by atoms with van der Waals surface area (Å²) in [7, 11) is 0. The number of thioether (sulfide) groups is 1. The minimum absolute atomic E-state index is 0.102. The van der Waals surface area contributed by atoms with Crippen LogP contribution in [0.5, 0.6) is 5.75 Å². The Morgan fingerprint density at radius 2 is 2.31 bits per heavy atom. The Hall–Kier alpha value is -1.18. The molecule has 0 atom stereocenters. The molecule has 1 aromatic carbocycles. The summed E-state index contributed by atoms with van der Waals surface area (Å²) in [5, 5.41) is 17.8. The SMILES string of the molecule is CCSc1cccc(OCCCO)c1C#N. The van der Waals surface area contributed by atoms with E-state index < -0.39 is 0 Å². The average Bonchev–Trinajstić information content (AvgIpc) is 2.30. The Morgan fingerprint density at radius 3 is 2.94 bits per heavy atom. The molecule has 0 saturated heterocycles. The van der Waals surface area contributed by atoms with E-state index in [4.69, 9.17) is 15.1 Å². The van der Waals surface area contributed by atoms with Crippen LogP contribution in [0.2, 0.25) is 0 Å². The van der Waals surface area contributed by atoms with Gasteiger partial charge in [-0.2, -0.15) is 5.26 Å². The molecule has 0 aliphatic rings. The number of hydrogen-bond acceptors (Lipinski definition) is 4. The van der Waals surface area contributed by atoms with E-state index in [1.165, 1.54) is 0 Å². The second-order valence-corrected chi connectivity index (χ2v) is 4.41. The first kappa shape index (κ1) is 12.9. The van der Waals surface area contributed by atoms with Gasteiger partial charge in [-0.15, -0.1) is 11.8 Å². The number of ether oxygens (including phenoxy) is 1. The summed E-state index contributed by atoms with van der Waals surface area (Å²) >= 11 is 1.63. The molecule has 1 N–H and O–H groups in total. The molecule has 0 unspecified atom stereocenters. The Kier molecular flexibility index (Phi) is 5.76. The number of benzene rings is 1. The average molecular weight is 237 g/mol. The van der Waals surface area contributed by atoms with Crippen molar-refractivity contribution in [3.63, 3.8) is 0 Å². The third-order valence-corrected chi connectivity index (χ3v) is 2.90. The van der Waals surface area contributed by atoms with Gasteiger partial charge in [0.1, 0.15) is 17.4 Å². The van der Waals surface area contributed by atoms with Crippen molar-refractivity contribution in [3.8, 4) is 11.8 Å². The van der Waals surface area contributed by atoms with E-state index in [1.807, 2.05) is 19.1 Å². The topological polar surface area (TPSA) is 53.2 Å². The van der Waals surface area contributed by atoms with Crippen LogP contribution >= 0.6 is 11.8 Å². The van der Waals surface area contributed by atoms with Gasteiger partial charge in [0.15, 0.2) is 0 Å². The molecule has 1 rings (SSSR count). The fourth-order valence-corrected chi connectivity index (χ4v) is 2.04. The summed E-state index contributed by atoms with van der Waals surface area (Å²) in [6.45, 7) is 2.59. The van der Waals surface area contributed by atoms with E-state index in [2.05, 4.69) is 6.07 Å². The van der Waals surface area contributed by atoms with Crippen LogP contribution in [0.4, 0.5) is 0 Å². The Labute approximate surface area is 100 Å². The smallest absolute Gasteiger partial charge is 0.138 e. The quantitative estimate of drug-likeness (QED) is 0.610. The van der Waals surface area contributed by atoms with Crippen LogP contribution in [0.15, 0.2) is 23.1 Å². The number of hydrogen-bond donors (Lipinski definition) is 1. The van der Waals surface area contributed by atoms with Gasteiger partial charge in [0, 0.05) is 17.9 Å². The van der Waals surface area contributed by atoms with Crippen molar-refractivity contribution in [3.05, 3.63) is 23.8 Å². The summed E-state index contributed by atoms with van der Waals surface area (Å²) in [6, 6.07) is 7.76. The van der Waals surface area contributed by atoms with Gasteiger partial charge < -0.3 is 9.84 Å². The molecule has 0 aromatic heterocycles. The molecule has 0 radical (unpaired) electrons. The van der Waals surface area contributed by atoms with Gasteiger partial charge >= 0.3 is 0 Å². The van der Waals surface area contributed by atoms with Crippen LogP contribution in [-0.4, -0.2) is 24.1 Å². The maximum Gasteiger partial charge on any atom is 0.138 e. The van der Waals surface area contributed by atoms with Crippen LogP contribution in [0, 0.1) is 11.3 Å². The third-order valence-electron chi connectivity index (χ3n) is 1.96. The van der Waals surface area contributed by atoms with Crippen molar-refractivity contribution in [2.24, 2.45) is 0 Å². The summed E-state index contributed by atoms with van der Waals surface area (Å²) < 4.78 is 5.46. The van der Waals surface area contributed by atoms with Crippen LogP contribution in [0.3, 0.4) is 0 Å². The van der Waals surface area contributed by atoms with Crippen molar-refractivity contribution >= 4 is 11.8 Å². The molecule has 0 heterocycles. The zero-order valence-corrected chi connectivity index (χ0v) is 10.1. The molecule has 0 amide bonds. The monoisotopic (exact) mass is 237 g/mol. The lowest BCUT2D eigenvalue weighted by Gasteiger charge is -2.09. The first-order chi connectivity index (χ1) is 7.83. The highest BCUT2D eigenvalue weighted by atomic mass is 32.2. The fourth-order valence-electron chi connectivity index (χ4n) is 1.26. The number of aliphatic hydroxyl groups excluding tert-OH is 1. The summed E-state index contributed by atoms with van der Waals surface area (Å²) in [4.78, 5) is 0.950. The van der Waals surface area contributed by atoms with Crippen LogP contribution in [-0.2, 0) is 0 Å². The molecule has 86 valence electrons. The van der Waals surface area contributed by atoms with E-state index in [0.717, 1.165) is 10.6 Å². The molecule has 0 aliphatic heterocycles. The van der Waals surface area contributed by atoms with Gasteiger partial charge in [0.05, 0.1) is 6.61 Å². The van der Waals surface area contributed by atoms with Gasteiger partial charge in [-0.3, -0.25) is 0 Å². The van der Waals surface area contributed by atoms with Crippen molar-refractivity contribution in [2.45, 2.75) is 18.2 Å². The number of nitriles is 1. The molecular formula is C12H15NO2S. The molecule has 0 bridgehead atoms. The molecule has 4 heteroatoms. The number of rotatable bonds is 6. The Morgan fingerprint density at radius 1 is 1.50 bits per heavy atom. The van der Waals surface area contributed by atoms with Gasteiger partial charge in [-0.1, -0.05) is 13.0 Å². The molecular weight excluding hydrogens is 222 g/mol. The standard InChI is InChI=1S/C12H15NO2S/c1-2-16-12-6-3-5-11(10(12)9-13)15-8-4-7-14/h3,5-6,14H,2,4,7-8H2,1H3. The highest BCUT2D eigenvalue weighted by Gasteiger charge is 2.08.